The number of carbonyl (C=O) groups is 1. The van der Waals surface area contributed by atoms with Gasteiger partial charge in [0.2, 0.25) is 0 Å². The fourth-order valence-electron chi connectivity index (χ4n) is 1.59. The molecule has 16 heavy (non-hydrogen) atoms. The van der Waals surface area contributed by atoms with Gasteiger partial charge in [-0.25, -0.2) is 4.79 Å². The van der Waals surface area contributed by atoms with E-state index in [9.17, 15) is 4.79 Å². The predicted molar refractivity (Wildman–Crippen MR) is 59.2 cm³/mol. The fraction of sp³-hybridized carbons (Fsp3) is 0.417. The van der Waals surface area contributed by atoms with E-state index in [1.54, 1.807) is 6.07 Å². The fourth-order valence-corrected chi connectivity index (χ4v) is 1.59. The van der Waals surface area contributed by atoms with E-state index in [1.807, 2.05) is 18.2 Å². The number of hydrogen-bond acceptors (Lipinski definition) is 4. The molecule has 0 bridgehead atoms. The van der Waals surface area contributed by atoms with Crippen molar-refractivity contribution in [1.29, 1.82) is 0 Å². The Morgan fingerprint density at radius 1 is 1.50 bits per heavy atom. The second-order valence-corrected chi connectivity index (χ2v) is 3.76. The molecule has 0 saturated carbocycles. The molecule has 2 rings (SSSR count). The molecule has 0 atom stereocenters. The van der Waals surface area contributed by atoms with Gasteiger partial charge in [-0.3, -0.25) is 0 Å². The van der Waals surface area contributed by atoms with Crippen LogP contribution in [-0.4, -0.2) is 32.3 Å². The second-order valence-electron chi connectivity index (χ2n) is 3.76. The highest BCUT2D eigenvalue weighted by molar-refractivity contribution is 5.90. The number of hydrogen-bond donors (Lipinski definition) is 1. The molecule has 1 N–H and O–H groups in total. The van der Waals surface area contributed by atoms with Crippen LogP contribution < -0.4 is 5.32 Å². The summed E-state index contributed by atoms with van der Waals surface area (Å²) in [5.41, 5.74) is 1.58. The van der Waals surface area contributed by atoms with Crippen LogP contribution in [0.2, 0.25) is 0 Å². The summed E-state index contributed by atoms with van der Waals surface area (Å²) < 4.78 is 9.80. The van der Waals surface area contributed by atoms with Gasteiger partial charge in [0.05, 0.1) is 31.9 Å². The number of ether oxygens (including phenoxy) is 2. The molecule has 0 amide bonds. The molecule has 0 unspecified atom stereocenters. The molecule has 1 aromatic rings. The zero-order valence-corrected chi connectivity index (χ0v) is 9.23. The summed E-state index contributed by atoms with van der Waals surface area (Å²) in [4.78, 5) is 11.5. The Kier molecular flexibility index (Phi) is 3.54. The number of esters is 1. The molecule has 1 fully saturated rings. The van der Waals surface area contributed by atoms with Gasteiger partial charge in [0.1, 0.15) is 0 Å². The van der Waals surface area contributed by atoms with Crippen molar-refractivity contribution in [3.05, 3.63) is 35.4 Å². The molecule has 0 radical (unpaired) electrons. The Morgan fingerprint density at radius 2 is 2.25 bits per heavy atom. The Balaban J connectivity index is 2.03. The minimum atomic E-state index is -0.290. The van der Waals surface area contributed by atoms with Crippen LogP contribution >= 0.6 is 0 Å². The van der Waals surface area contributed by atoms with Crippen LogP contribution in [0.1, 0.15) is 15.9 Å². The largest absolute Gasteiger partial charge is 0.465 e. The topological polar surface area (TPSA) is 47.6 Å². The first-order valence-corrected chi connectivity index (χ1v) is 5.28. The lowest BCUT2D eigenvalue weighted by molar-refractivity contribution is -0.00582. The minimum Gasteiger partial charge on any atom is -0.465 e. The van der Waals surface area contributed by atoms with Gasteiger partial charge in [-0.15, -0.1) is 0 Å². The highest BCUT2D eigenvalue weighted by Gasteiger charge is 2.18. The van der Waals surface area contributed by atoms with Gasteiger partial charge in [0, 0.05) is 6.54 Å². The molecule has 1 aliphatic rings. The lowest BCUT2D eigenvalue weighted by Crippen LogP contribution is -2.45. The molecule has 1 saturated heterocycles. The number of nitrogens with one attached hydrogen (secondary N) is 1. The Hall–Kier alpha value is -1.39. The Labute approximate surface area is 94.6 Å². The van der Waals surface area contributed by atoms with Crippen molar-refractivity contribution in [3.63, 3.8) is 0 Å². The van der Waals surface area contributed by atoms with Gasteiger partial charge >= 0.3 is 5.97 Å². The maximum absolute atomic E-state index is 11.5. The molecule has 0 aromatic heterocycles. The third kappa shape index (κ3) is 2.40. The maximum Gasteiger partial charge on any atom is 0.338 e. The van der Waals surface area contributed by atoms with Gasteiger partial charge in [0.25, 0.3) is 0 Å². The van der Waals surface area contributed by atoms with Gasteiger partial charge in [0.15, 0.2) is 0 Å². The number of carbonyl (C=O) groups excluding carboxylic acids is 1. The molecule has 1 aromatic carbocycles. The van der Waals surface area contributed by atoms with Crippen LogP contribution in [0.25, 0.3) is 0 Å². The smallest absolute Gasteiger partial charge is 0.338 e. The highest BCUT2D eigenvalue weighted by Crippen LogP contribution is 2.11. The lowest BCUT2D eigenvalue weighted by Gasteiger charge is -2.27. The van der Waals surface area contributed by atoms with E-state index in [2.05, 4.69) is 5.32 Å². The van der Waals surface area contributed by atoms with E-state index in [1.165, 1.54) is 7.11 Å². The monoisotopic (exact) mass is 221 g/mol. The van der Waals surface area contributed by atoms with Crippen molar-refractivity contribution >= 4 is 5.97 Å². The van der Waals surface area contributed by atoms with E-state index in [0.29, 0.717) is 18.2 Å². The molecule has 4 heteroatoms. The summed E-state index contributed by atoms with van der Waals surface area (Å²) in [5, 5.41) is 3.32. The van der Waals surface area contributed by atoms with Crippen molar-refractivity contribution in [1.82, 2.24) is 5.32 Å². The van der Waals surface area contributed by atoms with Crippen LogP contribution in [0, 0.1) is 0 Å². The van der Waals surface area contributed by atoms with E-state index in [4.69, 9.17) is 9.47 Å². The number of methoxy groups -OCH3 is 1. The van der Waals surface area contributed by atoms with Crippen LogP contribution in [0.3, 0.4) is 0 Å². The molecular weight excluding hydrogens is 206 g/mol. The van der Waals surface area contributed by atoms with Gasteiger partial charge < -0.3 is 14.8 Å². The lowest BCUT2D eigenvalue weighted by atomic mass is 10.1. The van der Waals surface area contributed by atoms with Gasteiger partial charge in [-0.2, -0.15) is 0 Å². The van der Waals surface area contributed by atoms with Crippen molar-refractivity contribution in [2.75, 3.05) is 20.3 Å². The van der Waals surface area contributed by atoms with Crippen LogP contribution in [0.15, 0.2) is 24.3 Å². The van der Waals surface area contributed by atoms with Crippen LogP contribution in [0.5, 0.6) is 0 Å². The average molecular weight is 221 g/mol. The molecule has 4 nitrogen and oxygen atoms in total. The average Bonchev–Trinajstić information content (AvgIpc) is 2.26. The number of benzene rings is 1. The van der Waals surface area contributed by atoms with Gasteiger partial charge in [-0.05, 0) is 11.6 Å². The quantitative estimate of drug-likeness (QED) is 0.769. The molecule has 0 aliphatic carbocycles. The second kappa shape index (κ2) is 5.09. The van der Waals surface area contributed by atoms with Crippen LogP contribution in [-0.2, 0) is 16.0 Å². The standard InChI is InChI=1S/C12H15NO3/c1-15-12(14)11-5-3-2-4-9(11)6-13-10-7-16-8-10/h2-5,10,13H,6-8H2,1H3. The van der Waals surface area contributed by atoms with E-state index in [-0.39, 0.29) is 5.97 Å². The molecule has 1 heterocycles. The Bertz CT molecular complexity index is 374. The summed E-state index contributed by atoms with van der Waals surface area (Å²) in [6, 6.07) is 7.87. The first-order valence-electron chi connectivity index (χ1n) is 5.28. The van der Waals surface area contributed by atoms with Crippen molar-refractivity contribution in [2.24, 2.45) is 0 Å². The molecule has 86 valence electrons. The van der Waals surface area contributed by atoms with Crippen LogP contribution in [0.4, 0.5) is 0 Å². The zero-order valence-electron chi connectivity index (χ0n) is 9.23. The highest BCUT2D eigenvalue weighted by atomic mass is 16.5. The SMILES string of the molecule is COC(=O)c1ccccc1CNC1COC1. The predicted octanol–water partition coefficient (Wildman–Crippen LogP) is 0.962. The maximum atomic E-state index is 11.5. The third-order valence-electron chi connectivity index (χ3n) is 2.64. The van der Waals surface area contributed by atoms with E-state index in [0.717, 1.165) is 18.8 Å². The molecular formula is C12H15NO3. The summed E-state index contributed by atoms with van der Waals surface area (Å²) in [6.07, 6.45) is 0. The van der Waals surface area contributed by atoms with Crippen molar-refractivity contribution in [2.45, 2.75) is 12.6 Å². The van der Waals surface area contributed by atoms with E-state index < -0.39 is 0 Å². The summed E-state index contributed by atoms with van der Waals surface area (Å²) in [6.45, 7) is 2.17. The molecule has 1 aliphatic heterocycles. The third-order valence-corrected chi connectivity index (χ3v) is 2.64. The summed E-state index contributed by atoms with van der Waals surface area (Å²) in [7, 11) is 1.40. The Morgan fingerprint density at radius 3 is 2.88 bits per heavy atom. The van der Waals surface area contributed by atoms with Crippen molar-refractivity contribution < 1.29 is 14.3 Å². The normalized spacial score (nSPS) is 15.6. The molecule has 0 spiro atoms. The number of rotatable bonds is 4. The summed E-state index contributed by atoms with van der Waals surface area (Å²) in [5.74, 6) is -0.290. The first-order chi connectivity index (χ1) is 7.81. The van der Waals surface area contributed by atoms with E-state index >= 15 is 0 Å². The van der Waals surface area contributed by atoms with Gasteiger partial charge in [-0.1, -0.05) is 18.2 Å². The summed E-state index contributed by atoms with van der Waals surface area (Å²) >= 11 is 0. The minimum absolute atomic E-state index is 0.290. The van der Waals surface area contributed by atoms with Crippen molar-refractivity contribution in [3.8, 4) is 0 Å². The zero-order chi connectivity index (χ0) is 11.4. The first kappa shape index (κ1) is 11.1.